The van der Waals surface area contributed by atoms with E-state index in [2.05, 4.69) is 26.1 Å². The molecule has 2 heterocycles. The molecule has 1 atom stereocenters. The molecule has 0 saturated heterocycles. The van der Waals surface area contributed by atoms with Crippen LogP contribution < -0.4 is 16.0 Å². The van der Waals surface area contributed by atoms with Crippen LogP contribution in [0.2, 0.25) is 0 Å². The summed E-state index contributed by atoms with van der Waals surface area (Å²) in [6, 6.07) is 12.7. The lowest BCUT2D eigenvalue weighted by atomic mass is 9.84. The third-order valence-electron chi connectivity index (χ3n) is 6.93. The second-order valence-corrected chi connectivity index (χ2v) is 9.86. The van der Waals surface area contributed by atoms with Gasteiger partial charge < -0.3 is 20.5 Å². The Morgan fingerprint density at radius 3 is 2.47 bits per heavy atom. The average molecular weight is 488 g/mol. The first kappa shape index (κ1) is 24.0. The van der Waals surface area contributed by atoms with E-state index in [-0.39, 0.29) is 5.91 Å². The number of benzene rings is 1. The van der Waals surface area contributed by atoms with Crippen molar-refractivity contribution < 1.29 is 4.79 Å². The van der Waals surface area contributed by atoms with Crippen molar-refractivity contribution in [3.05, 3.63) is 65.3 Å². The van der Waals surface area contributed by atoms with Crippen molar-refractivity contribution >= 4 is 23.4 Å². The van der Waals surface area contributed by atoms with E-state index in [1.165, 1.54) is 19.3 Å². The fourth-order valence-corrected chi connectivity index (χ4v) is 4.76. The number of nitroso groups, excluding NO2 is 1. The zero-order valence-electron chi connectivity index (χ0n) is 20.4. The standard InChI is InChI=1S/C27H33N7O2/c35-26(28-18-20-8-10-22(33-36)11-9-20)23(16-19-6-2-1-3-7-19)30-24-17-25(34-14-4-5-15-34)32-27(31-24)29-21-12-13-21/h4-5,8-11,14-15,17,19,21,23H,1-3,6-7,12-13,16,18H2,(H,28,35)(H2,29,30,31,32)/t23-/m1/s1. The number of aromatic nitrogens is 3. The van der Waals surface area contributed by atoms with Crippen LogP contribution in [-0.4, -0.2) is 32.5 Å². The molecule has 2 aromatic heterocycles. The van der Waals surface area contributed by atoms with E-state index in [0.717, 1.165) is 43.5 Å². The number of rotatable bonds is 11. The van der Waals surface area contributed by atoms with Gasteiger partial charge in [-0.05, 0) is 60.2 Å². The van der Waals surface area contributed by atoms with Gasteiger partial charge in [0.2, 0.25) is 11.9 Å². The number of hydrogen-bond donors (Lipinski definition) is 3. The normalized spacial score (nSPS) is 16.8. The maximum absolute atomic E-state index is 13.4. The van der Waals surface area contributed by atoms with Gasteiger partial charge in [0.05, 0.1) is 0 Å². The zero-order chi connectivity index (χ0) is 24.7. The molecular weight excluding hydrogens is 454 g/mol. The summed E-state index contributed by atoms with van der Waals surface area (Å²) < 4.78 is 1.94. The molecule has 0 spiro atoms. The highest BCUT2D eigenvalue weighted by Crippen LogP contribution is 2.29. The average Bonchev–Trinajstić information content (AvgIpc) is 3.54. The van der Waals surface area contributed by atoms with Crippen LogP contribution in [-0.2, 0) is 11.3 Å². The number of carbonyl (C=O) groups excluding carboxylic acids is 1. The fraction of sp³-hybridized carbons (Fsp3) is 0.444. The summed E-state index contributed by atoms with van der Waals surface area (Å²) in [4.78, 5) is 33.5. The zero-order valence-corrected chi connectivity index (χ0v) is 20.4. The minimum absolute atomic E-state index is 0.0593. The van der Waals surface area contributed by atoms with Crippen LogP contribution in [0.5, 0.6) is 0 Å². The predicted octanol–water partition coefficient (Wildman–Crippen LogP) is 5.31. The second-order valence-electron chi connectivity index (χ2n) is 9.86. The number of nitrogens with one attached hydrogen (secondary N) is 3. The fourth-order valence-electron chi connectivity index (χ4n) is 4.76. The Balaban J connectivity index is 1.34. The summed E-state index contributed by atoms with van der Waals surface area (Å²) in [6.07, 6.45) is 12.9. The number of carbonyl (C=O) groups is 1. The van der Waals surface area contributed by atoms with E-state index in [1.807, 2.05) is 47.3 Å². The van der Waals surface area contributed by atoms with Gasteiger partial charge in [-0.3, -0.25) is 4.79 Å². The molecule has 1 aromatic carbocycles. The lowest BCUT2D eigenvalue weighted by molar-refractivity contribution is -0.122. The Hall–Kier alpha value is -3.75. The summed E-state index contributed by atoms with van der Waals surface area (Å²) in [5.41, 5.74) is 1.29. The first-order valence-electron chi connectivity index (χ1n) is 12.9. The third kappa shape index (κ3) is 6.47. The van der Waals surface area contributed by atoms with Crippen LogP contribution in [0.15, 0.2) is 60.0 Å². The monoisotopic (exact) mass is 487 g/mol. The lowest BCUT2D eigenvalue weighted by Crippen LogP contribution is -2.41. The molecule has 2 aliphatic carbocycles. The van der Waals surface area contributed by atoms with Gasteiger partial charge in [0.1, 0.15) is 23.4 Å². The van der Waals surface area contributed by atoms with E-state index in [9.17, 15) is 9.70 Å². The number of nitrogens with zero attached hydrogens (tertiary/aromatic N) is 4. The predicted molar refractivity (Wildman–Crippen MR) is 140 cm³/mol. The van der Waals surface area contributed by atoms with Gasteiger partial charge in [-0.2, -0.15) is 9.97 Å². The molecule has 5 rings (SSSR count). The Kier molecular flexibility index (Phi) is 7.54. The van der Waals surface area contributed by atoms with Crippen molar-refractivity contribution in [1.29, 1.82) is 0 Å². The minimum atomic E-state index is -0.412. The van der Waals surface area contributed by atoms with Gasteiger partial charge in [-0.25, -0.2) is 0 Å². The lowest BCUT2D eigenvalue weighted by Gasteiger charge is -2.27. The van der Waals surface area contributed by atoms with E-state index < -0.39 is 6.04 Å². The summed E-state index contributed by atoms with van der Waals surface area (Å²) in [5, 5.41) is 12.8. The van der Waals surface area contributed by atoms with Crippen molar-refractivity contribution in [3.63, 3.8) is 0 Å². The van der Waals surface area contributed by atoms with E-state index >= 15 is 0 Å². The Morgan fingerprint density at radius 2 is 1.78 bits per heavy atom. The van der Waals surface area contributed by atoms with Crippen molar-refractivity contribution in [2.75, 3.05) is 10.6 Å². The summed E-state index contributed by atoms with van der Waals surface area (Å²) in [7, 11) is 0. The molecule has 0 aliphatic heterocycles. The van der Waals surface area contributed by atoms with Crippen LogP contribution in [0.25, 0.3) is 5.82 Å². The molecule has 36 heavy (non-hydrogen) atoms. The van der Waals surface area contributed by atoms with E-state index in [4.69, 9.17) is 4.98 Å². The first-order chi connectivity index (χ1) is 17.7. The van der Waals surface area contributed by atoms with Crippen LogP contribution in [0.4, 0.5) is 17.5 Å². The third-order valence-corrected chi connectivity index (χ3v) is 6.93. The smallest absolute Gasteiger partial charge is 0.242 e. The number of hydrogen-bond acceptors (Lipinski definition) is 7. The second kappa shape index (κ2) is 11.3. The SMILES string of the molecule is O=Nc1ccc(CNC(=O)[C@@H](CC2CCCCC2)Nc2cc(-n3cccc3)nc(NC3CC3)n2)cc1. The highest BCUT2D eigenvalue weighted by Gasteiger charge is 2.26. The van der Waals surface area contributed by atoms with Crippen molar-refractivity contribution in [3.8, 4) is 5.82 Å². The van der Waals surface area contributed by atoms with Gasteiger partial charge >= 0.3 is 0 Å². The van der Waals surface area contributed by atoms with Gasteiger partial charge in [-0.15, -0.1) is 4.91 Å². The quantitative estimate of drug-likeness (QED) is 0.316. The molecule has 9 nitrogen and oxygen atoms in total. The summed E-state index contributed by atoms with van der Waals surface area (Å²) in [5.74, 6) is 2.41. The molecule has 2 aliphatic rings. The highest BCUT2D eigenvalue weighted by atomic mass is 16.3. The first-order valence-corrected chi connectivity index (χ1v) is 12.9. The molecule has 3 N–H and O–H groups in total. The summed E-state index contributed by atoms with van der Waals surface area (Å²) in [6.45, 7) is 0.383. The van der Waals surface area contributed by atoms with Crippen molar-refractivity contribution in [2.24, 2.45) is 11.1 Å². The van der Waals surface area contributed by atoms with Crippen LogP contribution in [0.3, 0.4) is 0 Å². The van der Waals surface area contributed by atoms with Crippen LogP contribution in [0, 0.1) is 10.8 Å². The van der Waals surface area contributed by atoms with Crippen molar-refractivity contribution in [1.82, 2.24) is 19.9 Å². The topological polar surface area (TPSA) is 113 Å². The molecule has 3 aromatic rings. The Morgan fingerprint density at radius 1 is 1.03 bits per heavy atom. The van der Waals surface area contributed by atoms with Gasteiger partial charge in [0.15, 0.2) is 0 Å². The number of amides is 1. The van der Waals surface area contributed by atoms with Gasteiger partial charge in [-0.1, -0.05) is 44.2 Å². The largest absolute Gasteiger partial charge is 0.358 e. The maximum Gasteiger partial charge on any atom is 0.242 e. The molecule has 0 radical (unpaired) electrons. The molecular formula is C27H33N7O2. The highest BCUT2D eigenvalue weighted by molar-refractivity contribution is 5.84. The van der Waals surface area contributed by atoms with Crippen LogP contribution >= 0.6 is 0 Å². The van der Waals surface area contributed by atoms with Gasteiger partial charge in [0.25, 0.3) is 0 Å². The molecule has 1 amide bonds. The Labute approximate surface area is 211 Å². The molecule has 0 bridgehead atoms. The minimum Gasteiger partial charge on any atom is -0.358 e. The summed E-state index contributed by atoms with van der Waals surface area (Å²) >= 11 is 0. The molecule has 9 heteroatoms. The van der Waals surface area contributed by atoms with E-state index in [1.54, 1.807) is 12.1 Å². The molecule has 2 fully saturated rings. The molecule has 0 unspecified atom stereocenters. The number of anilines is 2. The maximum atomic E-state index is 13.4. The molecule has 2 saturated carbocycles. The van der Waals surface area contributed by atoms with Crippen LogP contribution in [0.1, 0.15) is 56.9 Å². The molecule has 188 valence electrons. The van der Waals surface area contributed by atoms with Gasteiger partial charge in [0, 0.05) is 31.0 Å². The Bertz CT molecular complexity index is 1150. The van der Waals surface area contributed by atoms with Crippen molar-refractivity contribution in [2.45, 2.75) is 70.0 Å². The van der Waals surface area contributed by atoms with E-state index in [0.29, 0.717) is 36.0 Å².